The van der Waals surface area contributed by atoms with Crippen molar-refractivity contribution < 1.29 is 18.0 Å². The van der Waals surface area contributed by atoms with Crippen LogP contribution in [0.15, 0.2) is 18.3 Å². The average molecular weight is 423 g/mol. The fourth-order valence-electron chi connectivity index (χ4n) is 4.68. The summed E-state index contributed by atoms with van der Waals surface area (Å²) in [7, 11) is 0. The number of hydrogen-bond donors (Lipinski definition) is 2. The molecule has 2 aromatic heterocycles. The molecule has 3 N–H and O–H groups in total. The summed E-state index contributed by atoms with van der Waals surface area (Å²) in [6.45, 7) is 1.91. The van der Waals surface area contributed by atoms with Gasteiger partial charge in [0.15, 0.2) is 5.65 Å². The van der Waals surface area contributed by atoms with Gasteiger partial charge in [-0.15, -0.1) is 0 Å². The molecule has 9 heteroatoms. The Balaban J connectivity index is 1.47. The lowest BCUT2D eigenvalue weighted by atomic mass is 9.79. The fourth-order valence-corrected chi connectivity index (χ4v) is 4.68. The molecule has 6 nitrogen and oxygen atoms in total. The molecule has 1 unspecified atom stereocenters. The van der Waals surface area contributed by atoms with E-state index in [0.29, 0.717) is 17.3 Å². The molecule has 2 aromatic rings. The summed E-state index contributed by atoms with van der Waals surface area (Å²) < 4.78 is 40.8. The number of carbonyl (C=O) groups excluding carboxylic acids is 1. The summed E-state index contributed by atoms with van der Waals surface area (Å²) in [6, 6.07) is 3.35. The van der Waals surface area contributed by atoms with E-state index < -0.39 is 18.0 Å². The SMILES string of the molecule is CC1CCC([C@H](N)c2cn3nc(CC4C[C@H](C(F)(F)F)CNC4=O)ccc3n2)CC1. The maximum Gasteiger partial charge on any atom is 0.393 e. The molecule has 30 heavy (non-hydrogen) atoms. The van der Waals surface area contributed by atoms with Crippen LogP contribution >= 0.6 is 0 Å². The molecular weight excluding hydrogens is 395 g/mol. The molecule has 1 amide bonds. The number of carbonyl (C=O) groups is 1. The quantitative estimate of drug-likeness (QED) is 0.789. The first kappa shape index (κ1) is 21.1. The highest BCUT2D eigenvalue weighted by Crippen LogP contribution is 2.36. The number of amides is 1. The van der Waals surface area contributed by atoms with Crippen molar-refractivity contribution in [2.75, 3.05) is 6.54 Å². The Hall–Kier alpha value is -2.16. The minimum absolute atomic E-state index is 0.153. The minimum atomic E-state index is -4.31. The van der Waals surface area contributed by atoms with Crippen molar-refractivity contribution in [1.29, 1.82) is 0 Å². The number of hydrogen-bond acceptors (Lipinski definition) is 4. The number of rotatable bonds is 4. The predicted octanol–water partition coefficient (Wildman–Crippen LogP) is 3.41. The number of halogens is 3. The van der Waals surface area contributed by atoms with E-state index in [2.05, 4.69) is 22.3 Å². The van der Waals surface area contributed by atoms with Gasteiger partial charge in [0.05, 0.1) is 29.5 Å². The molecule has 1 saturated heterocycles. The maximum absolute atomic E-state index is 13.1. The van der Waals surface area contributed by atoms with Gasteiger partial charge in [-0.25, -0.2) is 9.50 Å². The predicted molar refractivity (Wildman–Crippen MR) is 105 cm³/mol. The summed E-state index contributed by atoms with van der Waals surface area (Å²) in [6.07, 6.45) is 1.98. The average Bonchev–Trinajstić information content (AvgIpc) is 3.12. The van der Waals surface area contributed by atoms with E-state index in [-0.39, 0.29) is 31.3 Å². The fraction of sp³-hybridized carbons (Fsp3) is 0.667. The summed E-state index contributed by atoms with van der Waals surface area (Å²) in [5.41, 5.74) is 8.47. The molecule has 1 saturated carbocycles. The molecule has 0 radical (unpaired) electrons. The second kappa shape index (κ2) is 8.17. The largest absolute Gasteiger partial charge is 0.393 e. The van der Waals surface area contributed by atoms with Crippen molar-refractivity contribution in [3.05, 3.63) is 29.7 Å². The van der Waals surface area contributed by atoms with Crippen LogP contribution in [0, 0.1) is 23.7 Å². The Kier molecular flexibility index (Phi) is 5.74. The van der Waals surface area contributed by atoms with E-state index in [0.717, 1.165) is 24.5 Å². The molecular formula is C21H28F3N5O. The molecule has 2 fully saturated rings. The van der Waals surface area contributed by atoms with Crippen LogP contribution in [0.2, 0.25) is 0 Å². The topological polar surface area (TPSA) is 85.3 Å². The first-order chi connectivity index (χ1) is 14.2. The number of fused-ring (bicyclic) bond motifs is 1. The van der Waals surface area contributed by atoms with Crippen LogP contribution in [0.25, 0.3) is 5.65 Å². The highest BCUT2D eigenvalue weighted by Gasteiger charge is 2.44. The van der Waals surface area contributed by atoms with Gasteiger partial charge in [-0.1, -0.05) is 19.8 Å². The lowest BCUT2D eigenvalue weighted by Gasteiger charge is -2.30. The highest BCUT2D eigenvalue weighted by molar-refractivity contribution is 5.79. The second-order valence-corrected chi connectivity index (χ2v) is 8.96. The Morgan fingerprint density at radius 2 is 2.00 bits per heavy atom. The number of nitrogens with zero attached hydrogens (tertiary/aromatic N) is 3. The highest BCUT2D eigenvalue weighted by atomic mass is 19.4. The Bertz CT molecular complexity index is 904. The molecule has 1 aliphatic carbocycles. The molecule has 4 rings (SSSR count). The standard InChI is InChI=1S/C21H28F3N5O/c1-12-2-4-13(5-3-12)19(25)17-11-29-18(27-17)7-6-16(28-29)9-14-8-15(21(22,23)24)10-26-20(14)30/h6-7,11-15,19H,2-5,8-10,25H2,1H3,(H,26,30)/t12?,13?,14?,15-,19-/m0/s1. The summed E-state index contributed by atoms with van der Waals surface area (Å²) in [5.74, 6) is -1.47. The molecule has 1 aliphatic heterocycles. The van der Waals surface area contributed by atoms with Gasteiger partial charge in [-0.3, -0.25) is 4.79 Å². The molecule has 0 spiro atoms. The van der Waals surface area contributed by atoms with E-state index >= 15 is 0 Å². The molecule has 3 heterocycles. The summed E-state index contributed by atoms with van der Waals surface area (Å²) >= 11 is 0. The van der Waals surface area contributed by atoms with E-state index in [1.54, 1.807) is 22.8 Å². The van der Waals surface area contributed by atoms with Gasteiger partial charge in [0.2, 0.25) is 5.91 Å². The first-order valence-electron chi connectivity index (χ1n) is 10.7. The smallest absolute Gasteiger partial charge is 0.355 e. The number of nitrogens with one attached hydrogen (secondary N) is 1. The monoisotopic (exact) mass is 423 g/mol. The van der Waals surface area contributed by atoms with Gasteiger partial charge >= 0.3 is 6.18 Å². The number of alkyl halides is 3. The van der Waals surface area contributed by atoms with E-state index in [1.807, 2.05) is 0 Å². The lowest BCUT2D eigenvalue weighted by Crippen LogP contribution is -2.47. The van der Waals surface area contributed by atoms with Crippen molar-refractivity contribution in [1.82, 2.24) is 19.9 Å². The number of aromatic nitrogens is 3. The molecule has 0 bridgehead atoms. The van der Waals surface area contributed by atoms with Crippen molar-refractivity contribution >= 4 is 11.6 Å². The Morgan fingerprint density at radius 1 is 1.27 bits per heavy atom. The van der Waals surface area contributed by atoms with Crippen LogP contribution in [0.4, 0.5) is 13.2 Å². The second-order valence-electron chi connectivity index (χ2n) is 8.96. The van der Waals surface area contributed by atoms with Gasteiger partial charge in [-0.2, -0.15) is 18.3 Å². The zero-order chi connectivity index (χ0) is 21.5. The van der Waals surface area contributed by atoms with Gasteiger partial charge < -0.3 is 11.1 Å². The van der Waals surface area contributed by atoms with Crippen LogP contribution < -0.4 is 11.1 Å². The lowest BCUT2D eigenvalue weighted by molar-refractivity contribution is -0.183. The Morgan fingerprint density at radius 3 is 2.70 bits per heavy atom. The Labute approximate surface area is 173 Å². The minimum Gasteiger partial charge on any atom is -0.355 e. The van der Waals surface area contributed by atoms with Crippen molar-refractivity contribution in [3.8, 4) is 0 Å². The molecule has 164 valence electrons. The number of piperidine rings is 1. The third-order valence-electron chi connectivity index (χ3n) is 6.68. The zero-order valence-electron chi connectivity index (χ0n) is 17.0. The van der Waals surface area contributed by atoms with Gasteiger partial charge in [0.25, 0.3) is 0 Å². The van der Waals surface area contributed by atoms with Crippen molar-refractivity contribution in [3.63, 3.8) is 0 Å². The summed E-state index contributed by atoms with van der Waals surface area (Å²) in [4.78, 5) is 16.7. The van der Waals surface area contributed by atoms with Gasteiger partial charge in [0, 0.05) is 18.9 Å². The van der Waals surface area contributed by atoms with Crippen LogP contribution in [0.3, 0.4) is 0 Å². The molecule has 3 atom stereocenters. The number of imidazole rings is 1. The molecule has 2 aliphatic rings. The third kappa shape index (κ3) is 4.45. The van der Waals surface area contributed by atoms with E-state index in [1.165, 1.54) is 12.8 Å². The third-order valence-corrected chi connectivity index (χ3v) is 6.68. The van der Waals surface area contributed by atoms with Crippen LogP contribution in [0.5, 0.6) is 0 Å². The van der Waals surface area contributed by atoms with Crippen molar-refractivity contribution in [2.24, 2.45) is 29.4 Å². The van der Waals surface area contributed by atoms with E-state index in [4.69, 9.17) is 5.73 Å². The summed E-state index contributed by atoms with van der Waals surface area (Å²) in [5, 5.41) is 6.87. The maximum atomic E-state index is 13.1. The van der Waals surface area contributed by atoms with Crippen LogP contribution in [0.1, 0.15) is 56.5 Å². The van der Waals surface area contributed by atoms with Gasteiger partial charge in [0.1, 0.15) is 0 Å². The normalized spacial score (nSPS) is 29.0. The van der Waals surface area contributed by atoms with Gasteiger partial charge in [-0.05, 0) is 43.2 Å². The van der Waals surface area contributed by atoms with Crippen molar-refractivity contribution in [2.45, 2.75) is 57.7 Å². The van der Waals surface area contributed by atoms with E-state index in [9.17, 15) is 18.0 Å². The van der Waals surface area contributed by atoms with Crippen LogP contribution in [-0.2, 0) is 11.2 Å². The number of nitrogens with two attached hydrogens (primary N) is 1. The zero-order valence-corrected chi connectivity index (χ0v) is 17.0. The molecule has 0 aromatic carbocycles. The van der Waals surface area contributed by atoms with Crippen LogP contribution in [-0.4, -0.2) is 33.2 Å². The first-order valence-corrected chi connectivity index (χ1v) is 10.7.